The van der Waals surface area contributed by atoms with Crippen molar-refractivity contribution >= 4 is 34.0 Å². The summed E-state index contributed by atoms with van der Waals surface area (Å²) in [6.45, 7) is 0. The van der Waals surface area contributed by atoms with E-state index in [9.17, 15) is 9.59 Å². The Bertz CT molecular complexity index is 790. The number of hydrogen-bond donors (Lipinski definition) is 0. The second-order valence-corrected chi connectivity index (χ2v) is 7.33. The maximum absolute atomic E-state index is 12.6. The van der Waals surface area contributed by atoms with E-state index < -0.39 is 0 Å². The average Bonchev–Trinajstić information content (AvgIpc) is 3.27. The second-order valence-electron chi connectivity index (χ2n) is 6.47. The van der Waals surface area contributed by atoms with E-state index in [2.05, 4.69) is 33.2 Å². The highest BCUT2D eigenvalue weighted by Gasteiger charge is 2.59. The maximum Gasteiger partial charge on any atom is 0.254 e. The highest BCUT2D eigenvalue weighted by Crippen LogP contribution is 2.52. The zero-order chi connectivity index (χ0) is 17.7. The molecule has 0 radical (unpaired) electrons. The third-order valence-electron chi connectivity index (χ3n) is 5.23. The zero-order valence-electron chi connectivity index (χ0n) is 13.8. The Hall–Kier alpha value is -2.15. The van der Waals surface area contributed by atoms with E-state index in [4.69, 9.17) is 9.47 Å². The number of amides is 2. The lowest BCUT2D eigenvalue weighted by Gasteiger charge is -2.13. The largest absolute Gasteiger partial charge is 0.493 e. The minimum absolute atomic E-state index is 0.182. The Labute approximate surface area is 153 Å². The number of imide groups is 1. The standard InChI is InChI=1S/C18H17BrN2O4/c1-24-13-6-9(5-12(19)16(13)25-2)8-20-21-17(22)14-10-3-4-11(7-10)15(14)18(21)23/h3-6,8,10-11,14-15H,7H2,1-2H3/b20-8-/t10-,11+,14-,15+. The number of ether oxygens (including phenoxy) is 2. The lowest BCUT2D eigenvalue weighted by atomic mass is 9.85. The van der Waals surface area contributed by atoms with Crippen molar-refractivity contribution in [3.63, 3.8) is 0 Å². The second kappa shape index (κ2) is 5.98. The number of allylic oxidation sites excluding steroid dienone is 2. The van der Waals surface area contributed by atoms with Crippen LogP contribution in [0.25, 0.3) is 0 Å². The van der Waals surface area contributed by atoms with Gasteiger partial charge in [-0.3, -0.25) is 9.59 Å². The summed E-state index contributed by atoms with van der Waals surface area (Å²) in [5.74, 6) is 0.615. The van der Waals surface area contributed by atoms with Gasteiger partial charge in [-0.15, -0.1) is 0 Å². The van der Waals surface area contributed by atoms with Gasteiger partial charge in [-0.25, -0.2) is 0 Å². The quantitative estimate of drug-likeness (QED) is 0.439. The minimum Gasteiger partial charge on any atom is -0.493 e. The van der Waals surface area contributed by atoms with E-state index in [1.54, 1.807) is 26.4 Å². The van der Waals surface area contributed by atoms with Crippen molar-refractivity contribution in [3.8, 4) is 11.5 Å². The Balaban J connectivity index is 1.60. The van der Waals surface area contributed by atoms with Crippen molar-refractivity contribution in [1.82, 2.24) is 5.01 Å². The van der Waals surface area contributed by atoms with Gasteiger partial charge < -0.3 is 9.47 Å². The molecule has 3 aliphatic rings. The summed E-state index contributed by atoms with van der Waals surface area (Å²) in [6, 6.07) is 3.53. The molecule has 4 rings (SSSR count). The number of carbonyl (C=O) groups excluding carboxylic acids is 2. The van der Waals surface area contributed by atoms with Crippen LogP contribution in [0.1, 0.15) is 12.0 Å². The zero-order valence-corrected chi connectivity index (χ0v) is 15.4. The first-order chi connectivity index (χ1) is 12.0. The van der Waals surface area contributed by atoms with Crippen LogP contribution in [-0.2, 0) is 9.59 Å². The van der Waals surface area contributed by atoms with Crippen LogP contribution < -0.4 is 9.47 Å². The summed E-state index contributed by atoms with van der Waals surface area (Å²) in [4.78, 5) is 25.2. The van der Waals surface area contributed by atoms with Gasteiger partial charge in [0.1, 0.15) is 0 Å². The summed E-state index contributed by atoms with van der Waals surface area (Å²) in [5, 5.41) is 5.20. The molecular weight excluding hydrogens is 388 g/mol. The molecule has 7 heteroatoms. The fraction of sp³-hybridized carbons (Fsp3) is 0.389. The molecule has 1 aliphatic heterocycles. The maximum atomic E-state index is 12.6. The number of benzene rings is 1. The molecule has 2 bridgehead atoms. The SMILES string of the molecule is COc1cc(/C=N\N2C(=O)[C@@H]3[C@H](C2=O)[C@@H]2C=C[C@H]3C2)cc(Br)c1OC. The third-order valence-corrected chi connectivity index (χ3v) is 5.81. The van der Waals surface area contributed by atoms with Crippen LogP contribution in [-0.4, -0.2) is 37.3 Å². The first-order valence-electron chi connectivity index (χ1n) is 8.06. The first-order valence-corrected chi connectivity index (χ1v) is 8.86. The van der Waals surface area contributed by atoms with E-state index >= 15 is 0 Å². The topological polar surface area (TPSA) is 68.2 Å². The molecule has 2 fully saturated rings. The number of hydrogen-bond acceptors (Lipinski definition) is 5. The normalized spacial score (nSPS) is 29.8. The van der Waals surface area contributed by atoms with Crippen LogP contribution in [0.2, 0.25) is 0 Å². The molecule has 2 aliphatic carbocycles. The summed E-state index contributed by atoms with van der Waals surface area (Å²) in [6.07, 6.45) is 6.54. The van der Waals surface area contributed by atoms with Crippen LogP contribution in [0.15, 0.2) is 33.9 Å². The predicted molar refractivity (Wildman–Crippen MR) is 94.4 cm³/mol. The Kier molecular flexibility index (Phi) is 3.91. The molecule has 4 atom stereocenters. The van der Waals surface area contributed by atoms with Gasteiger partial charge in [-0.2, -0.15) is 10.1 Å². The highest BCUT2D eigenvalue weighted by atomic mass is 79.9. The fourth-order valence-electron chi connectivity index (χ4n) is 4.14. The van der Waals surface area contributed by atoms with Crippen LogP contribution in [0.3, 0.4) is 0 Å². The number of halogens is 1. The van der Waals surface area contributed by atoms with Gasteiger partial charge in [0, 0.05) is 0 Å². The van der Waals surface area contributed by atoms with Crippen molar-refractivity contribution in [2.45, 2.75) is 6.42 Å². The summed E-state index contributed by atoms with van der Waals surface area (Å²) in [7, 11) is 3.10. The van der Waals surface area contributed by atoms with Gasteiger partial charge in [0.05, 0.1) is 36.7 Å². The lowest BCUT2D eigenvalue weighted by molar-refractivity contribution is -0.140. The van der Waals surface area contributed by atoms with E-state index in [1.807, 2.05) is 0 Å². The van der Waals surface area contributed by atoms with Crippen molar-refractivity contribution < 1.29 is 19.1 Å². The number of nitrogens with zero attached hydrogens (tertiary/aromatic N) is 2. The summed E-state index contributed by atoms with van der Waals surface area (Å²) >= 11 is 3.42. The predicted octanol–water partition coefficient (Wildman–Crippen LogP) is 2.61. The molecule has 1 saturated heterocycles. The van der Waals surface area contributed by atoms with Gasteiger partial charge in [-0.1, -0.05) is 12.2 Å². The smallest absolute Gasteiger partial charge is 0.254 e. The van der Waals surface area contributed by atoms with Gasteiger partial charge in [-0.05, 0) is 51.9 Å². The van der Waals surface area contributed by atoms with E-state index in [1.165, 1.54) is 6.21 Å². The Morgan fingerprint density at radius 2 is 1.76 bits per heavy atom. The molecule has 1 saturated carbocycles. The molecule has 0 spiro atoms. The van der Waals surface area contributed by atoms with Crippen molar-refractivity contribution in [2.24, 2.45) is 28.8 Å². The molecule has 1 aromatic rings. The lowest BCUT2D eigenvalue weighted by Crippen LogP contribution is -2.28. The molecule has 25 heavy (non-hydrogen) atoms. The Morgan fingerprint density at radius 1 is 1.12 bits per heavy atom. The van der Waals surface area contributed by atoms with E-state index in [0.717, 1.165) is 11.4 Å². The van der Waals surface area contributed by atoms with Crippen molar-refractivity contribution in [3.05, 3.63) is 34.3 Å². The third kappa shape index (κ3) is 2.40. The van der Waals surface area contributed by atoms with E-state index in [0.29, 0.717) is 21.5 Å². The number of fused-ring (bicyclic) bond motifs is 5. The molecule has 2 amide bonds. The molecule has 0 aromatic heterocycles. The van der Waals surface area contributed by atoms with Crippen molar-refractivity contribution in [2.75, 3.05) is 14.2 Å². The molecule has 0 N–H and O–H groups in total. The van der Waals surface area contributed by atoms with Gasteiger partial charge >= 0.3 is 0 Å². The van der Waals surface area contributed by atoms with Crippen LogP contribution in [0.4, 0.5) is 0 Å². The number of carbonyl (C=O) groups is 2. The molecule has 1 heterocycles. The molecule has 1 aromatic carbocycles. The number of methoxy groups -OCH3 is 2. The summed E-state index contributed by atoms with van der Waals surface area (Å²) in [5.41, 5.74) is 0.697. The van der Waals surface area contributed by atoms with Gasteiger partial charge in [0.25, 0.3) is 11.8 Å². The molecule has 0 unspecified atom stereocenters. The minimum atomic E-state index is -0.239. The van der Waals surface area contributed by atoms with Gasteiger partial charge in [0.15, 0.2) is 11.5 Å². The molecular formula is C18H17BrN2O4. The number of rotatable bonds is 4. The summed E-state index contributed by atoms with van der Waals surface area (Å²) < 4.78 is 11.3. The highest BCUT2D eigenvalue weighted by molar-refractivity contribution is 9.10. The first kappa shape index (κ1) is 16.3. The van der Waals surface area contributed by atoms with Crippen LogP contribution in [0, 0.1) is 23.7 Å². The fourth-order valence-corrected chi connectivity index (χ4v) is 4.76. The monoisotopic (exact) mass is 404 g/mol. The number of hydrazone groups is 1. The van der Waals surface area contributed by atoms with Crippen LogP contribution >= 0.6 is 15.9 Å². The van der Waals surface area contributed by atoms with E-state index in [-0.39, 0.29) is 35.5 Å². The molecule has 6 nitrogen and oxygen atoms in total. The molecule has 130 valence electrons. The Morgan fingerprint density at radius 3 is 2.32 bits per heavy atom. The van der Waals surface area contributed by atoms with Gasteiger partial charge in [0.2, 0.25) is 0 Å². The van der Waals surface area contributed by atoms with Crippen molar-refractivity contribution in [1.29, 1.82) is 0 Å². The average molecular weight is 405 g/mol. The van der Waals surface area contributed by atoms with Crippen LogP contribution in [0.5, 0.6) is 11.5 Å².